The molecule has 1 rings (SSSR count). The third-order valence-corrected chi connectivity index (χ3v) is 11.3. The summed E-state index contributed by atoms with van der Waals surface area (Å²) < 4.78 is 0. The number of hydrogen-bond acceptors (Lipinski definition) is 0. The Labute approximate surface area is 91.5 Å². The molecule has 0 atom stereocenters. The lowest BCUT2D eigenvalue weighted by Crippen LogP contribution is -2.42. The smallest absolute Gasteiger partial charge is 0.0558 e. The zero-order valence-corrected chi connectivity index (χ0v) is 11.8. The van der Waals surface area contributed by atoms with Crippen LogP contribution in [-0.4, -0.2) is 8.07 Å². The Morgan fingerprint density at radius 1 is 0.857 bits per heavy atom. The maximum absolute atomic E-state index is 2.61. The Kier molecular flexibility index (Phi) is 3.85. The van der Waals surface area contributed by atoms with Gasteiger partial charge in [-0.25, -0.2) is 0 Å². The molecule has 14 heavy (non-hydrogen) atoms. The lowest BCUT2D eigenvalue weighted by Gasteiger charge is -2.43. The van der Waals surface area contributed by atoms with Crippen LogP contribution in [0.4, 0.5) is 0 Å². The van der Waals surface area contributed by atoms with Crippen LogP contribution in [0.1, 0.15) is 59.3 Å². The van der Waals surface area contributed by atoms with Crippen molar-refractivity contribution in [1.29, 1.82) is 0 Å². The predicted molar refractivity (Wildman–Crippen MR) is 68.6 cm³/mol. The average molecular weight is 212 g/mol. The molecule has 0 aliphatic heterocycles. The lowest BCUT2D eigenvalue weighted by molar-refractivity contribution is 0.615. The third kappa shape index (κ3) is 2.62. The summed E-state index contributed by atoms with van der Waals surface area (Å²) in [6, 6.07) is 0. The van der Waals surface area contributed by atoms with E-state index in [4.69, 9.17) is 0 Å². The fourth-order valence-electron chi connectivity index (χ4n) is 2.61. The molecule has 0 spiro atoms. The zero-order chi connectivity index (χ0) is 10.8. The van der Waals surface area contributed by atoms with E-state index in [-0.39, 0.29) is 0 Å². The Hall–Kier alpha value is 0.217. The van der Waals surface area contributed by atoms with Gasteiger partial charge in [0.15, 0.2) is 0 Å². The molecule has 0 aromatic carbocycles. The van der Waals surface area contributed by atoms with Gasteiger partial charge in [-0.15, -0.1) is 0 Å². The third-order valence-electron chi connectivity index (χ3n) is 4.81. The molecule has 0 unspecified atom stereocenters. The summed E-state index contributed by atoms with van der Waals surface area (Å²) in [7, 11) is -1.04. The summed E-state index contributed by atoms with van der Waals surface area (Å²) >= 11 is 0. The van der Waals surface area contributed by atoms with Gasteiger partial charge in [0.1, 0.15) is 0 Å². The van der Waals surface area contributed by atoms with Gasteiger partial charge in [-0.2, -0.15) is 0 Å². The summed E-state index contributed by atoms with van der Waals surface area (Å²) in [6.45, 7) is 12.6. The SMILES string of the molecule is CC(C)(C)[Si](C)(C)C1CCCCCC1. The van der Waals surface area contributed by atoms with Crippen molar-refractivity contribution in [2.24, 2.45) is 0 Å². The monoisotopic (exact) mass is 212 g/mol. The van der Waals surface area contributed by atoms with Crippen molar-refractivity contribution in [2.45, 2.75) is 83.0 Å². The van der Waals surface area contributed by atoms with E-state index in [0.717, 1.165) is 5.54 Å². The molecule has 1 aliphatic rings. The minimum atomic E-state index is -1.04. The van der Waals surface area contributed by atoms with E-state index in [2.05, 4.69) is 33.9 Å². The minimum Gasteiger partial charge on any atom is -0.0688 e. The molecule has 1 heteroatoms. The normalized spacial score (nSPS) is 22.1. The van der Waals surface area contributed by atoms with Crippen LogP contribution in [0.2, 0.25) is 23.7 Å². The highest BCUT2D eigenvalue weighted by Gasteiger charge is 2.41. The first-order valence-electron chi connectivity index (χ1n) is 6.36. The van der Waals surface area contributed by atoms with E-state index in [9.17, 15) is 0 Å². The van der Waals surface area contributed by atoms with E-state index in [1.165, 1.54) is 38.5 Å². The van der Waals surface area contributed by atoms with E-state index < -0.39 is 8.07 Å². The van der Waals surface area contributed by atoms with Gasteiger partial charge < -0.3 is 0 Å². The van der Waals surface area contributed by atoms with Gasteiger partial charge in [-0.1, -0.05) is 72.4 Å². The van der Waals surface area contributed by atoms with E-state index in [0.29, 0.717) is 5.04 Å². The Morgan fingerprint density at radius 2 is 1.29 bits per heavy atom. The Morgan fingerprint density at radius 3 is 1.64 bits per heavy atom. The van der Waals surface area contributed by atoms with Gasteiger partial charge >= 0.3 is 0 Å². The van der Waals surface area contributed by atoms with Crippen molar-refractivity contribution in [3.63, 3.8) is 0 Å². The molecular weight excluding hydrogens is 184 g/mol. The summed E-state index contributed by atoms with van der Waals surface area (Å²) in [5.74, 6) is 0. The lowest BCUT2D eigenvalue weighted by atomic mass is 10.2. The largest absolute Gasteiger partial charge is 0.0688 e. The maximum atomic E-state index is 2.61. The van der Waals surface area contributed by atoms with Gasteiger partial charge in [0.25, 0.3) is 0 Å². The van der Waals surface area contributed by atoms with Crippen molar-refractivity contribution in [2.75, 3.05) is 0 Å². The van der Waals surface area contributed by atoms with E-state index >= 15 is 0 Å². The summed E-state index contributed by atoms with van der Waals surface area (Å²) in [5.41, 5.74) is 1.09. The summed E-state index contributed by atoms with van der Waals surface area (Å²) in [6.07, 6.45) is 9.03. The molecule has 0 aromatic heterocycles. The quantitative estimate of drug-likeness (QED) is 0.413. The summed E-state index contributed by atoms with van der Waals surface area (Å²) in [4.78, 5) is 0. The van der Waals surface area contributed by atoms with Crippen LogP contribution >= 0.6 is 0 Å². The molecule has 0 aromatic rings. The van der Waals surface area contributed by atoms with Crippen LogP contribution in [0, 0.1) is 0 Å². The van der Waals surface area contributed by atoms with Crippen LogP contribution in [-0.2, 0) is 0 Å². The molecule has 84 valence electrons. The van der Waals surface area contributed by atoms with Crippen LogP contribution in [0.3, 0.4) is 0 Å². The average Bonchev–Trinajstić information content (AvgIpc) is 2.29. The van der Waals surface area contributed by atoms with Crippen LogP contribution < -0.4 is 0 Å². The van der Waals surface area contributed by atoms with Gasteiger partial charge in [0.05, 0.1) is 8.07 Å². The second-order valence-electron chi connectivity index (χ2n) is 6.66. The molecule has 0 bridgehead atoms. The maximum Gasteiger partial charge on any atom is 0.0558 e. The molecule has 1 saturated carbocycles. The second-order valence-corrected chi connectivity index (χ2v) is 12.4. The molecular formula is C13H28Si. The Bertz CT molecular complexity index is 168. The molecule has 0 heterocycles. The van der Waals surface area contributed by atoms with Crippen molar-refractivity contribution in [3.8, 4) is 0 Å². The predicted octanol–water partition coefficient (Wildman–Crippen LogP) is 5.22. The number of hydrogen-bond donors (Lipinski definition) is 0. The molecule has 1 fully saturated rings. The van der Waals surface area contributed by atoms with Gasteiger partial charge in [-0.3, -0.25) is 0 Å². The van der Waals surface area contributed by atoms with Crippen molar-refractivity contribution < 1.29 is 0 Å². The van der Waals surface area contributed by atoms with Gasteiger partial charge in [-0.05, 0) is 10.6 Å². The van der Waals surface area contributed by atoms with Gasteiger partial charge in [0, 0.05) is 0 Å². The molecule has 0 radical (unpaired) electrons. The highest BCUT2D eigenvalue weighted by atomic mass is 28.3. The fraction of sp³-hybridized carbons (Fsp3) is 1.00. The van der Waals surface area contributed by atoms with Crippen LogP contribution in [0.5, 0.6) is 0 Å². The van der Waals surface area contributed by atoms with Crippen molar-refractivity contribution >= 4 is 8.07 Å². The topological polar surface area (TPSA) is 0 Å². The van der Waals surface area contributed by atoms with Crippen molar-refractivity contribution in [1.82, 2.24) is 0 Å². The first-order valence-corrected chi connectivity index (χ1v) is 9.43. The first-order chi connectivity index (χ1) is 6.36. The standard InChI is InChI=1S/C13H28Si/c1-13(2,3)14(4,5)12-10-8-6-7-9-11-12/h12H,6-11H2,1-5H3. The van der Waals surface area contributed by atoms with E-state index in [1.54, 1.807) is 0 Å². The summed E-state index contributed by atoms with van der Waals surface area (Å²) in [5, 5.41) is 0.585. The van der Waals surface area contributed by atoms with E-state index in [1.807, 2.05) is 0 Å². The highest BCUT2D eigenvalue weighted by molar-refractivity contribution is 6.81. The zero-order valence-electron chi connectivity index (χ0n) is 10.8. The number of rotatable bonds is 1. The second kappa shape index (κ2) is 4.38. The molecule has 1 aliphatic carbocycles. The molecule has 0 nitrogen and oxygen atoms in total. The molecule has 0 N–H and O–H groups in total. The highest BCUT2D eigenvalue weighted by Crippen LogP contribution is 2.48. The van der Waals surface area contributed by atoms with Crippen LogP contribution in [0.25, 0.3) is 0 Å². The van der Waals surface area contributed by atoms with Crippen molar-refractivity contribution in [3.05, 3.63) is 0 Å². The minimum absolute atomic E-state index is 0.585. The molecule has 0 amide bonds. The fourth-order valence-corrected chi connectivity index (χ4v) is 5.69. The first kappa shape index (κ1) is 12.3. The van der Waals surface area contributed by atoms with Crippen LogP contribution in [0.15, 0.2) is 0 Å². The Balaban J connectivity index is 2.69. The molecule has 0 saturated heterocycles. The van der Waals surface area contributed by atoms with Gasteiger partial charge in [0.2, 0.25) is 0 Å².